The second kappa shape index (κ2) is 12.1. The number of nitrogens with zero attached hydrogens (tertiary/aromatic N) is 1. The van der Waals surface area contributed by atoms with Crippen molar-refractivity contribution in [2.24, 2.45) is 5.92 Å². The quantitative estimate of drug-likeness (QED) is 0.409. The summed E-state index contributed by atoms with van der Waals surface area (Å²) in [6.07, 6.45) is 5.76. The Bertz CT molecular complexity index is 1110. The number of amides is 2. The number of carbonyl (C=O) groups excluding carboxylic acids is 2. The third-order valence-electron chi connectivity index (χ3n) is 5.80. The third-order valence-corrected chi connectivity index (χ3v) is 6.13. The molecule has 2 aromatic rings. The highest BCUT2D eigenvalue weighted by molar-refractivity contribution is 6.33. The highest BCUT2D eigenvalue weighted by Crippen LogP contribution is 2.29. The largest absolute Gasteiger partial charge is 0.493 e. The molecule has 34 heavy (non-hydrogen) atoms. The van der Waals surface area contributed by atoms with Gasteiger partial charge in [0.1, 0.15) is 11.6 Å². The van der Waals surface area contributed by atoms with Crippen LogP contribution in [0.3, 0.4) is 0 Å². The highest BCUT2D eigenvalue weighted by Gasteiger charge is 2.24. The number of carbonyl (C=O) groups is 2. The predicted molar refractivity (Wildman–Crippen MR) is 132 cm³/mol. The molecule has 0 aliphatic heterocycles. The van der Waals surface area contributed by atoms with Gasteiger partial charge in [-0.3, -0.25) is 9.59 Å². The minimum atomic E-state index is -0.378. The number of nitriles is 1. The molecular formula is C26H28ClN3O4. The van der Waals surface area contributed by atoms with Gasteiger partial charge >= 0.3 is 0 Å². The first-order valence-corrected chi connectivity index (χ1v) is 11.6. The molecule has 2 atom stereocenters. The number of rotatable bonds is 8. The first-order chi connectivity index (χ1) is 16.4. The maximum Gasteiger partial charge on any atom is 0.262 e. The molecular weight excluding hydrogens is 454 g/mol. The summed E-state index contributed by atoms with van der Waals surface area (Å²) in [4.78, 5) is 24.9. The number of nitrogens with one attached hydrogen (secondary N) is 2. The van der Waals surface area contributed by atoms with E-state index in [2.05, 4.69) is 17.6 Å². The van der Waals surface area contributed by atoms with Crippen molar-refractivity contribution in [3.05, 3.63) is 58.6 Å². The van der Waals surface area contributed by atoms with E-state index in [4.69, 9.17) is 21.1 Å². The van der Waals surface area contributed by atoms with Crippen molar-refractivity contribution in [2.45, 2.75) is 38.6 Å². The fourth-order valence-corrected chi connectivity index (χ4v) is 4.06. The molecule has 3 rings (SSSR count). The Kier molecular flexibility index (Phi) is 8.94. The maximum absolute atomic E-state index is 12.7. The topological polar surface area (TPSA) is 100 Å². The monoisotopic (exact) mass is 481 g/mol. The van der Waals surface area contributed by atoms with Gasteiger partial charge in [-0.1, -0.05) is 49.6 Å². The second-order valence-corrected chi connectivity index (χ2v) is 8.65. The van der Waals surface area contributed by atoms with E-state index in [1.54, 1.807) is 42.5 Å². The molecule has 0 heterocycles. The van der Waals surface area contributed by atoms with Crippen LogP contribution in [0.2, 0.25) is 5.02 Å². The van der Waals surface area contributed by atoms with Crippen molar-refractivity contribution >= 4 is 35.2 Å². The van der Waals surface area contributed by atoms with E-state index in [0.29, 0.717) is 33.7 Å². The number of para-hydroxylation sites is 1. The van der Waals surface area contributed by atoms with E-state index >= 15 is 0 Å². The lowest BCUT2D eigenvalue weighted by molar-refractivity contribution is -0.119. The van der Waals surface area contributed by atoms with E-state index < -0.39 is 0 Å². The summed E-state index contributed by atoms with van der Waals surface area (Å²) >= 11 is 6.06. The molecule has 2 aromatic carbocycles. The van der Waals surface area contributed by atoms with Gasteiger partial charge in [-0.25, -0.2) is 0 Å². The van der Waals surface area contributed by atoms with Crippen molar-refractivity contribution in [1.82, 2.24) is 5.32 Å². The van der Waals surface area contributed by atoms with Crippen molar-refractivity contribution in [2.75, 3.05) is 19.0 Å². The minimum absolute atomic E-state index is 0.0209. The molecule has 178 valence electrons. The van der Waals surface area contributed by atoms with Crippen LogP contribution in [0.25, 0.3) is 6.08 Å². The normalized spacial score (nSPS) is 17.9. The minimum Gasteiger partial charge on any atom is -0.493 e. The van der Waals surface area contributed by atoms with Gasteiger partial charge in [-0.05, 0) is 54.7 Å². The number of methoxy groups -OCH3 is 1. The Morgan fingerprint density at radius 1 is 1.18 bits per heavy atom. The van der Waals surface area contributed by atoms with E-state index in [0.717, 1.165) is 19.3 Å². The third kappa shape index (κ3) is 6.75. The van der Waals surface area contributed by atoms with Crippen LogP contribution in [-0.2, 0) is 9.59 Å². The molecule has 2 N–H and O–H groups in total. The Labute approximate surface area is 204 Å². The number of ether oxygens (including phenoxy) is 2. The van der Waals surface area contributed by atoms with E-state index in [9.17, 15) is 14.9 Å². The highest BCUT2D eigenvalue weighted by atomic mass is 35.5. The number of hydrogen-bond acceptors (Lipinski definition) is 5. The van der Waals surface area contributed by atoms with E-state index in [1.165, 1.54) is 19.6 Å². The Morgan fingerprint density at radius 2 is 1.94 bits per heavy atom. The number of anilines is 1. The fraction of sp³-hybridized carbons (Fsp3) is 0.346. The van der Waals surface area contributed by atoms with Gasteiger partial charge in [-0.15, -0.1) is 0 Å². The molecule has 0 spiro atoms. The van der Waals surface area contributed by atoms with E-state index in [-0.39, 0.29) is 30.0 Å². The van der Waals surface area contributed by atoms with Gasteiger partial charge in [0.2, 0.25) is 0 Å². The molecule has 1 aliphatic carbocycles. The summed E-state index contributed by atoms with van der Waals surface area (Å²) in [5.41, 5.74) is 1.12. The smallest absolute Gasteiger partial charge is 0.262 e. The SMILES string of the molecule is COc1cc(/C=C(\C#N)C(=O)N[C@H]2CCCC[C@H]2C)ccc1OCC(=O)Nc1ccccc1Cl. The molecule has 8 heteroatoms. The number of halogens is 1. The van der Waals surface area contributed by atoms with Crippen LogP contribution in [0.15, 0.2) is 48.0 Å². The van der Waals surface area contributed by atoms with Crippen LogP contribution in [0.1, 0.15) is 38.2 Å². The van der Waals surface area contributed by atoms with Crippen molar-refractivity contribution in [3.8, 4) is 17.6 Å². The van der Waals surface area contributed by atoms with Gasteiger partial charge in [0.25, 0.3) is 11.8 Å². The summed E-state index contributed by atoms with van der Waals surface area (Å²) in [7, 11) is 1.47. The summed E-state index contributed by atoms with van der Waals surface area (Å²) in [5.74, 6) is 0.367. The summed E-state index contributed by atoms with van der Waals surface area (Å²) in [5, 5.41) is 15.6. The zero-order valence-electron chi connectivity index (χ0n) is 19.3. The standard InChI is InChI=1S/C26H28ClN3O4/c1-17-7-3-5-9-21(17)30-26(32)19(15-28)13-18-11-12-23(24(14-18)33-2)34-16-25(31)29-22-10-6-4-8-20(22)27/h4,6,8,10-14,17,21H,3,5,7,9,16H2,1-2H3,(H,29,31)(H,30,32)/b19-13+/t17-,21+/m1/s1. The van der Waals surface area contributed by atoms with Gasteiger partial charge < -0.3 is 20.1 Å². The molecule has 7 nitrogen and oxygen atoms in total. The van der Waals surface area contributed by atoms with Crippen LogP contribution in [-0.4, -0.2) is 31.6 Å². The molecule has 0 radical (unpaired) electrons. The average Bonchev–Trinajstić information content (AvgIpc) is 2.84. The fourth-order valence-electron chi connectivity index (χ4n) is 3.88. The maximum atomic E-state index is 12.7. The zero-order valence-corrected chi connectivity index (χ0v) is 20.0. The van der Waals surface area contributed by atoms with Gasteiger partial charge in [0, 0.05) is 6.04 Å². The first kappa shape index (κ1) is 25.1. The lowest BCUT2D eigenvalue weighted by Crippen LogP contribution is -2.41. The van der Waals surface area contributed by atoms with Crippen LogP contribution in [0.5, 0.6) is 11.5 Å². The van der Waals surface area contributed by atoms with Gasteiger partial charge in [-0.2, -0.15) is 5.26 Å². The Hall–Kier alpha value is -3.50. The second-order valence-electron chi connectivity index (χ2n) is 8.24. The number of benzene rings is 2. The number of hydrogen-bond donors (Lipinski definition) is 2. The molecule has 0 bridgehead atoms. The van der Waals surface area contributed by atoms with Gasteiger partial charge in [0.05, 0.1) is 17.8 Å². The molecule has 1 aliphatic rings. The van der Waals surface area contributed by atoms with E-state index in [1.807, 2.05) is 6.07 Å². The van der Waals surface area contributed by atoms with Gasteiger partial charge in [0.15, 0.2) is 18.1 Å². The van der Waals surface area contributed by atoms with Crippen molar-refractivity contribution < 1.29 is 19.1 Å². The molecule has 0 saturated heterocycles. The molecule has 1 fully saturated rings. The Morgan fingerprint density at radius 3 is 2.65 bits per heavy atom. The molecule has 0 aromatic heterocycles. The first-order valence-electron chi connectivity index (χ1n) is 11.2. The van der Waals surface area contributed by atoms with Crippen LogP contribution < -0.4 is 20.1 Å². The van der Waals surface area contributed by atoms with Crippen molar-refractivity contribution in [1.29, 1.82) is 5.26 Å². The lowest BCUT2D eigenvalue weighted by atomic mass is 9.86. The lowest BCUT2D eigenvalue weighted by Gasteiger charge is -2.29. The van der Waals surface area contributed by atoms with Crippen LogP contribution >= 0.6 is 11.6 Å². The van der Waals surface area contributed by atoms with Crippen LogP contribution in [0.4, 0.5) is 5.69 Å². The summed E-state index contributed by atoms with van der Waals surface area (Å²) in [6, 6.07) is 14.0. The summed E-state index contributed by atoms with van der Waals surface area (Å²) in [6.45, 7) is 1.88. The zero-order chi connectivity index (χ0) is 24.5. The predicted octanol–water partition coefficient (Wildman–Crippen LogP) is 4.97. The van der Waals surface area contributed by atoms with Crippen molar-refractivity contribution in [3.63, 3.8) is 0 Å². The Balaban J connectivity index is 1.65. The average molecular weight is 482 g/mol. The molecule has 1 saturated carbocycles. The van der Waals surface area contributed by atoms with Crippen LogP contribution in [0, 0.1) is 17.2 Å². The molecule has 0 unspecified atom stereocenters. The molecule has 2 amide bonds. The summed E-state index contributed by atoms with van der Waals surface area (Å²) < 4.78 is 11.0.